The van der Waals surface area contributed by atoms with Crippen molar-refractivity contribution in [2.75, 3.05) is 7.05 Å². The van der Waals surface area contributed by atoms with Gasteiger partial charge in [0, 0.05) is 12.6 Å². The van der Waals surface area contributed by atoms with Crippen molar-refractivity contribution in [3.8, 4) is 0 Å². The molecule has 0 aliphatic carbocycles. The van der Waals surface area contributed by atoms with Crippen molar-refractivity contribution in [2.24, 2.45) is 5.14 Å². The Bertz CT molecular complexity index is 499. The summed E-state index contributed by atoms with van der Waals surface area (Å²) >= 11 is 0. The second kappa shape index (κ2) is 3.95. The van der Waals surface area contributed by atoms with Crippen LogP contribution in [-0.2, 0) is 10.0 Å². The van der Waals surface area contributed by atoms with Crippen LogP contribution in [-0.4, -0.2) is 21.4 Å². The van der Waals surface area contributed by atoms with E-state index >= 15 is 0 Å². The first kappa shape index (κ1) is 11.6. The number of nitrogens with two attached hydrogens (primary N) is 1. The largest absolute Gasteiger partial charge is 0.355 e. The first-order chi connectivity index (χ1) is 6.86. The molecule has 0 bridgehead atoms. The number of benzene rings is 1. The van der Waals surface area contributed by atoms with Gasteiger partial charge in [-0.3, -0.25) is 4.79 Å². The minimum Gasteiger partial charge on any atom is -0.355 e. The van der Waals surface area contributed by atoms with Crippen LogP contribution in [0.1, 0.15) is 10.4 Å². The summed E-state index contributed by atoms with van der Waals surface area (Å²) in [5.41, 5.74) is 0.0300. The van der Waals surface area contributed by atoms with E-state index in [1.165, 1.54) is 13.1 Å². The molecule has 5 nitrogen and oxygen atoms in total. The Hall–Kier alpha value is -1.47. The molecule has 7 heteroatoms. The third kappa shape index (κ3) is 2.51. The second-order valence-corrected chi connectivity index (χ2v) is 4.30. The van der Waals surface area contributed by atoms with Crippen LogP contribution in [0.3, 0.4) is 0 Å². The Balaban J connectivity index is 3.27. The van der Waals surface area contributed by atoms with Gasteiger partial charge in [0.05, 0.1) is 0 Å². The van der Waals surface area contributed by atoms with Crippen LogP contribution in [0.25, 0.3) is 0 Å². The normalized spacial score (nSPS) is 11.1. The molecule has 0 fully saturated rings. The van der Waals surface area contributed by atoms with Crippen LogP contribution in [0.2, 0.25) is 0 Å². The molecule has 15 heavy (non-hydrogen) atoms. The van der Waals surface area contributed by atoms with Gasteiger partial charge in [0.2, 0.25) is 10.0 Å². The third-order valence-corrected chi connectivity index (χ3v) is 2.67. The summed E-state index contributed by atoms with van der Waals surface area (Å²) in [5, 5.41) is 7.03. The van der Waals surface area contributed by atoms with Crippen LogP contribution in [0.4, 0.5) is 4.39 Å². The molecule has 82 valence electrons. The zero-order valence-electron chi connectivity index (χ0n) is 7.82. The molecule has 0 atom stereocenters. The van der Waals surface area contributed by atoms with Gasteiger partial charge in [-0.15, -0.1) is 0 Å². The van der Waals surface area contributed by atoms with Crippen LogP contribution in [0.15, 0.2) is 23.1 Å². The Kier molecular flexibility index (Phi) is 3.06. The van der Waals surface area contributed by atoms with E-state index in [0.717, 1.165) is 12.1 Å². The number of carbonyl (C=O) groups excluding carboxylic acids is 1. The van der Waals surface area contributed by atoms with E-state index in [4.69, 9.17) is 5.14 Å². The molecular weight excluding hydrogens is 223 g/mol. The molecule has 0 spiro atoms. The van der Waals surface area contributed by atoms with Crippen molar-refractivity contribution >= 4 is 15.9 Å². The molecule has 0 saturated heterocycles. The lowest BCUT2D eigenvalue weighted by Gasteiger charge is -2.03. The summed E-state index contributed by atoms with van der Waals surface area (Å²) in [6, 6.07) is 2.95. The second-order valence-electron chi connectivity index (χ2n) is 2.77. The van der Waals surface area contributed by atoms with Gasteiger partial charge >= 0.3 is 0 Å². The van der Waals surface area contributed by atoms with Crippen molar-refractivity contribution in [1.82, 2.24) is 5.32 Å². The number of halogens is 1. The molecular formula is C8H9FN2O3S. The van der Waals surface area contributed by atoms with Crippen molar-refractivity contribution < 1.29 is 17.6 Å². The SMILES string of the molecule is CNC(=O)c1ccc(S(N)(=O)=O)c(F)c1. The summed E-state index contributed by atoms with van der Waals surface area (Å²) in [6.45, 7) is 0. The lowest BCUT2D eigenvalue weighted by Crippen LogP contribution is -2.19. The summed E-state index contributed by atoms with van der Waals surface area (Å²) in [4.78, 5) is 10.4. The molecule has 1 amide bonds. The smallest absolute Gasteiger partial charge is 0.251 e. The number of amides is 1. The molecule has 1 aromatic carbocycles. The molecule has 0 unspecified atom stereocenters. The van der Waals surface area contributed by atoms with Crippen LogP contribution in [0.5, 0.6) is 0 Å². The van der Waals surface area contributed by atoms with Gasteiger partial charge in [0.15, 0.2) is 0 Å². The van der Waals surface area contributed by atoms with Gasteiger partial charge in [0.25, 0.3) is 5.91 Å². The quantitative estimate of drug-likeness (QED) is 0.742. The minimum atomic E-state index is -4.09. The fraction of sp³-hybridized carbons (Fsp3) is 0.125. The first-order valence-electron chi connectivity index (χ1n) is 3.90. The number of nitrogens with one attached hydrogen (secondary N) is 1. The number of primary sulfonamides is 1. The van der Waals surface area contributed by atoms with E-state index in [1.54, 1.807) is 0 Å². The van der Waals surface area contributed by atoms with Gasteiger partial charge in [-0.1, -0.05) is 0 Å². The highest BCUT2D eigenvalue weighted by molar-refractivity contribution is 7.89. The Labute approximate surface area is 86.1 Å². The average Bonchev–Trinajstić information content (AvgIpc) is 2.14. The van der Waals surface area contributed by atoms with E-state index < -0.39 is 26.6 Å². The Morgan fingerprint density at radius 1 is 1.47 bits per heavy atom. The van der Waals surface area contributed by atoms with Crippen molar-refractivity contribution in [2.45, 2.75) is 4.90 Å². The summed E-state index contributed by atoms with van der Waals surface area (Å²) in [5.74, 6) is -1.55. The molecule has 0 radical (unpaired) electrons. The van der Waals surface area contributed by atoms with E-state index in [-0.39, 0.29) is 5.56 Å². The Morgan fingerprint density at radius 3 is 2.47 bits per heavy atom. The lowest BCUT2D eigenvalue weighted by atomic mass is 10.2. The number of rotatable bonds is 2. The minimum absolute atomic E-state index is 0.0300. The van der Waals surface area contributed by atoms with Gasteiger partial charge in [0.1, 0.15) is 10.7 Å². The zero-order valence-corrected chi connectivity index (χ0v) is 8.64. The molecule has 0 saturated carbocycles. The highest BCUT2D eigenvalue weighted by Crippen LogP contribution is 2.14. The van der Waals surface area contributed by atoms with E-state index in [2.05, 4.69) is 5.32 Å². The summed E-state index contributed by atoms with van der Waals surface area (Å²) in [6.07, 6.45) is 0. The fourth-order valence-electron chi connectivity index (χ4n) is 1.02. The van der Waals surface area contributed by atoms with E-state index in [9.17, 15) is 17.6 Å². The van der Waals surface area contributed by atoms with Crippen LogP contribution in [0, 0.1) is 5.82 Å². The monoisotopic (exact) mass is 232 g/mol. The molecule has 1 aromatic rings. The highest BCUT2D eigenvalue weighted by atomic mass is 32.2. The van der Waals surface area contributed by atoms with Crippen molar-refractivity contribution in [3.05, 3.63) is 29.6 Å². The van der Waals surface area contributed by atoms with Gasteiger partial charge in [-0.05, 0) is 18.2 Å². The highest BCUT2D eigenvalue weighted by Gasteiger charge is 2.15. The van der Waals surface area contributed by atoms with Gasteiger partial charge in [-0.2, -0.15) is 0 Å². The van der Waals surface area contributed by atoms with E-state index in [0.29, 0.717) is 0 Å². The van der Waals surface area contributed by atoms with Crippen LogP contribution < -0.4 is 10.5 Å². The summed E-state index contributed by atoms with van der Waals surface area (Å²) < 4.78 is 34.9. The number of hydrogen-bond acceptors (Lipinski definition) is 3. The zero-order chi connectivity index (χ0) is 11.6. The fourth-order valence-corrected chi connectivity index (χ4v) is 1.61. The van der Waals surface area contributed by atoms with Crippen LogP contribution >= 0.6 is 0 Å². The van der Waals surface area contributed by atoms with Crippen molar-refractivity contribution in [1.29, 1.82) is 0 Å². The topological polar surface area (TPSA) is 89.3 Å². The molecule has 1 rings (SSSR count). The predicted octanol–water partition coefficient (Wildman–Crippen LogP) is -0.167. The first-order valence-corrected chi connectivity index (χ1v) is 5.45. The lowest BCUT2D eigenvalue weighted by molar-refractivity contribution is 0.0962. The maximum atomic E-state index is 13.2. The summed E-state index contributed by atoms with van der Waals surface area (Å²) in [7, 11) is -2.71. The molecule has 0 heterocycles. The van der Waals surface area contributed by atoms with E-state index in [1.807, 2.05) is 0 Å². The molecule has 3 N–H and O–H groups in total. The Morgan fingerprint density at radius 2 is 2.07 bits per heavy atom. The van der Waals surface area contributed by atoms with Crippen molar-refractivity contribution in [3.63, 3.8) is 0 Å². The van der Waals surface area contributed by atoms with Gasteiger partial charge < -0.3 is 5.32 Å². The number of hydrogen-bond donors (Lipinski definition) is 2. The average molecular weight is 232 g/mol. The standard InChI is InChI=1S/C8H9FN2O3S/c1-11-8(12)5-2-3-7(6(9)4-5)15(10,13)14/h2-4H,1H3,(H,11,12)(H2,10,13,14). The maximum Gasteiger partial charge on any atom is 0.251 e. The molecule has 0 aliphatic heterocycles. The maximum absolute atomic E-state index is 13.2. The predicted molar refractivity (Wildman–Crippen MR) is 51.2 cm³/mol. The third-order valence-electron chi connectivity index (χ3n) is 1.73. The molecule has 0 aliphatic rings. The number of sulfonamides is 1. The molecule has 0 aromatic heterocycles. The number of carbonyl (C=O) groups is 1. The van der Waals surface area contributed by atoms with Gasteiger partial charge in [-0.25, -0.2) is 17.9 Å².